The third-order valence-electron chi connectivity index (χ3n) is 2.33. The maximum absolute atomic E-state index is 10.8. The number of hydrogen-bond donors (Lipinski definition) is 0. The third kappa shape index (κ3) is 3.93. The molecule has 6 heteroatoms. The first-order valence-electron chi connectivity index (χ1n) is 5.62. The van der Waals surface area contributed by atoms with Crippen molar-refractivity contribution in [1.82, 2.24) is 9.55 Å². The van der Waals surface area contributed by atoms with E-state index in [1.807, 2.05) is 29.0 Å². The molecule has 0 unspecified atom stereocenters. The first-order chi connectivity index (χ1) is 9.15. The minimum Gasteiger partial charge on any atom is -0.326 e. The van der Waals surface area contributed by atoms with Gasteiger partial charge < -0.3 is 9.40 Å². The largest absolute Gasteiger partial charge is 0.332 e. The van der Waals surface area contributed by atoms with Gasteiger partial charge in [0.05, 0.1) is 6.54 Å². The monoisotopic (exact) mass is 277 g/mol. The highest BCUT2D eigenvalue weighted by Gasteiger charge is 1.98. The first-order valence-corrected chi connectivity index (χ1v) is 6.00. The minimum atomic E-state index is -0.455. The van der Waals surface area contributed by atoms with Gasteiger partial charge in [0.1, 0.15) is 5.15 Å². The van der Waals surface area contributed by atoms with Gasteiger partial charge in [0, 0.05) is 19.3 Å². The van der Waals surface area contributed by atoms with Gasteiger partial charge in [-0.15, -0.1) is 0 Å². The van der Waals surface area contributed by atoms with Gasteiger partial charge >= 0.3 is 5.97 Å². The van der Waals surface area contributed by atoms with Gasteiger partial charge in [-0.2, -0.15) is 0 Å². The molecule has 2 rings (SSSR count). The molecule has 0 atom stereocenters. The smallest absolute Gasteiger partial charge is 0.326 e. The quantitative estimate of drug-likeness (QED) is 0.490. The Hall–Kier alpha value is -2.14. The number of hydrogen-bond acceptors (Lipinski definition) is 4. The van der Waals surface area contributed by atoms with Crippen molar-refractivity contribution in [1.29, 1.82) is 0 Å². The van der Waals surface area contributed by atoms with Gasteiger partial charge in [-0.05, 0) is 23.8 Å². The lowest BCUT2D eigenvalue weighted by Crippen LogP contribution is -2.21. The molecule has 5 nitrogen and oxygen atoms in total. The molecule has 2 aromatic heterocycles. The molecule has 0 saturated heterocycles. The highest BCUT2D eigenvalue weighted by molar-refractivity contribution is 6.29. The summed E-state index contributed by atoms with van der Waals surface area (Å²) in [5.74, 6) is -0.455. The average molecular weight is 278 g/mol. The second-order valence-electron chi connectivity index (χ2n) is 3.85. The lowest BCUT2D eigenvalue weighted by molar-refractivity contribution is -0.141. The minimum absolute atomic E-state index is 0.451. The van der Waals surface area contributed by atoms with E-state index in [0.29, 0.717) is 17.2 Å². The number of aromatic nitrogens is 2. The van der Waals surface area contributed by atoms with Crippen molar-refractivity contribution in [3.8, 4) is 0 Å². The molecule has 0 spiro atoms. The molecule has 0 N–H and O–H groups in total. The van der Waals surface area contributed by atoms with Crippen LogP contribution >= 0.6 is 11.6 Å². The maximum atomic E-state index is 10.8. The van der Waals surface area contributed by atoms with Crippen molar-refractivity contribution >= 4 is 17.6 Å². The highest BCUT2D eigenvalue weighted by atomic mass is 35.5. The number of halogens is 1. The first kappa shape index (κ1) is 13.3. The SMILES string of the molecule is CC(=O)O/N=c1\ccccn1Cc1ccc(Cl)nc1. The Labute approximate surface area is 115 Å². The fraction of sp³-hybridized carbons (Fsp3) is 0.154. The Kier molecular flexibility index (Phi) is 4.30. The van der Waals surface area contributed by atoms with E-state index >= 15 is 0 Å². The van der Waals surface area contributed by atoms with Crippen molar-refractivity contribution in [3.63, 3.8) is 0 Å². The molecule has 19 heavy (non-hydrogen) atoms. The summed E-state index contributed by atoms with van der Waals surface area (Å²) < 4.78 is 1.84. The van der Waals surface area contributed by atoms with Gasteiger partial charge in [-0.3, -0.25) is 0 Å². The summed E-state index contributed by atoms with van der Waals surface area (Å²) in [7, 11) is 0. The summed E-state index contributed by atoms with van der Waals surface area (Å²) in [5, 5.41) is 4.24. The van der Waals surface area contributed by atoms with E-state index in [2.05, 4.69) is 15.0 Å². The van der Waals surface area contributed by atoms with Crippen LogP contribution in [0.2, 0.25) is 5.15 Å². The summed E-state index contributed by atoms with van der Waals surface area (Å²) >= 11 is 5.74. The number of nitrogens with zero attached hydrogens (tertiary/aromatic N) is 3. The average Bonchev–Trinajstić information content (AvgIpc) is 2.40. The molecule has 0 aliphatic rings. The molecule has 0 fully saturated rings. The predicted molar refractivity (Wildman–Crippen MR) is 70.1 cm³/mol. The van der Waals surface area contributed by atoms with Crippen LogP contribution in [-0.4, -0.2) is 15.5 Å². The van der Waals surface area contributed by atoms with Crippen LogP contribution in [0.1, 0.15) is 12.5 Å². The zero-order valence-corrected chi connectivity index (χ0v) is 11.0. The van der Waals surface area contributed by atoms with E-state index in [-0.39, 0.29) is 0 Å². The molecule has 0 aromatic carbocycles. The van der Waals surface area contributed by atoms with Crippen molar-refractivity contribution in [2.45, 2.75) is 13.5 Å². The van der Waals surface area contributed by atoms with Gasteiger partial charge in [-0.25, -0.2) is 9.78 Å². The standard InChI is InChI=1S/C13H12ClN3O2/c1-10(18)19-16-13-4-2-3-7-17(13)9-11-5-6-12(14)15-8-11/h2-8H,9H2,1H3/b16-13+. The number of pyridine rings is 2. The van der Waals surface area contributed by atoms with E-state index in [1.54, 1.807) is 18.3 Å². The second-order valence-corrected chi connectivity index (χ2v) is 4.24. The number of rotatable bonds is 3. The van der Waals surface area contributed by atoms with Crippen LogP contribution < -0.4 is 5.49 Å². The van der Waals surface area contributed by atoms with E-state index in [4.69, 9.17) is 11.6 Å². The van der Waals surface area contributed by atoms with E-state index in [1.165, 1.54) is 6.92 Å². The van der Waals surface area contributed by atoms with Crippen LogP contribution in [0.4, 0.5) is 0 Å². The van der Waals surface area contributed by atoms with Crippen molar-refractivity contribution in [2.24, 2.45) is 5.16 Å². The van der Waals surface area contributed by atoms with Crippen molar-refractivity contribution in [3.05, 3.63) is 58.9 Å². The predicted octanol–water partition coefficient (Wildman–Crippen LogP) is 1.96. The Morgan fingerprint density at radius 2 is 2.26 bits per heavy atom. The molecule has 0 aliphatic carbocycles. The van der Waals surface area contributed by atoms with Gasteiger partial charge in [0.15, 0.2) is 5.49 Å². The summed E-state index contributed by atoms with van der Waals surface area (Å²) in [6.45, 7) is 1.87. The zero-order valence-electron chi connectivity index (χ0n) is 10.3. The molecule has 0 radical (unpaired) electrons. The number of carbonyl (C=O) groups is 1. The summed E-state index contributed by atoms with van der Waals surface area (Å²) in [6.07, 6.45) is 3.54. The third-order valence-corrected chi connectivity index (χ3v) is 2.55. The summed E-state index contributed by atoms with van der Waals surface area (Å²) in [5.41, 5.74) is 1.52. The topological polar surface area (TPSA) is 56.5 Å². The number of carbonyl (C=O) groups excluding carboxylic acids is 1. The second kappa shape index (κ2) is 6.15. The van der Waals surface area contributed by atoms with Crippen LogP contribution in [0, 0.1) is 0 Å². The Morgan fingerprint density at radius 1 is 1.42 bits per heavy atom. The molecule has 2 heterocycles. The van der Waals surface area contributed by atoms with Crippen LogP contribution in [0.25, 0.3) is 0 Å². The van der Waals surface area contributed by atoms with Crippen LogP contribution in [-0.2, 0) is 16.2 Å². The molecule has 0 bridgehead atoms. The highest BCUT2D eigenvalue weighted by Crippen LogP contribution is 2.05. The van der Waals surface area contributed by atoms with Crippen LogP contribution in [0.15, 0.2) is 47.9 Å². The van der Waals surface area contributed by atoms with E-state index in [9.17, 15) is 4.79 Å². The Bertz CT molecular complexity index is 635. The lowest BCUT2D eigenvalue weighted by Gasteiger charge is -2.06. The molecule has 0 saturated carbocycles. The molecule has 0 aliphatic heterocycles. The maximum Gasteiger partial charge on any atom is 0.332 e. The normalized spacial score (nSPS) is 11.4. The van der Waals surface area contributed by atoms with E-state index < -0.39 is 5.97 Å². The molecular weight excluding hydrogens is 266 g/mol. The Morgan fingerprint density at radius 3 is 2.95 bits per heavy atom. The van der Waals surface area contributed by atoms with Gasteiger partial charge in [0.25, 0.3) is 0 Å². The molecular formula is C13H12ClN3O2. The molecule has 2 aromatic rings. The molecule has 98 valence electrons. The van der Waals surface area contributed by atoms with Gasteiger partial charge in [-0.1, -0.05) is 28.9 Å². The zero-order chi connectivity index (χ0) is 13.7. The van der Waals surface area contributed by atoms with Crippen molar-refractivity contribution in [2.75, 3.05) is 0 Å². The molecule has 0 amide bonds. The summed E-state index contributed by atoms with van der Waals surface area (Å²) in [6, 6.07) is 9.05. The fourth-order valence-electron chi connectivity index (χ4n) is 1.49. The van der Waals surface area contributed by atoms with Crippen LogP contribution in [0.5, 0.6) is 0 Å². The van der Waals surface area contributed by atoms with Crippen LogP contribution in [0.3, 0.4) is 0 Å². The van der Waals surface area contributed by atoms with E-state index in [0.717, 1.165) is 5.56 Å². The lowest BCUT2D eigenvalue weighted by atomic mass is 10.3. The van der Waals surface area contributed by atoms with Gasteiger partial charge in [0.2, 0.25) is 0 Å². The Balaban J connectivity index is 2.27. The fourth-order valence-corrected chi connectivity index (χ4v) is 1.60. The summed E-state index contributed by atoms with van der Waals surface area (Å²) in [4.78, 5) is 19.4. The van der Waals surface area contributed by atoms with Crippen molar-refractivity contribution < 1.29 is 9.63 Å².